The number of guanidine groups is 1. The molecule has 1 aromatic rings. The van der Waals surface area contributed by atoms with Gasteiger partial charge < -0.3 is 15.5 Å². The van der Waals surface area contributed by atoms with E-state index in [0.29, 0.717) is 19.0 Å². The van der Waals surface area contributed by atoms with Gasteiger partial charge in [0.15, 0.2) is 5.96 Å². The zero-order valence-electron chi connectivity index (χ0n) is 17.1. The quantitative estimate of drug-likeness (QED) is 0.303. The van der Waals surface area contributed by atoms with Crippen LogP contribution in [0.4, 0.5) is 0 Å². The van der Waals surface area contributed by atoms with Crippen molar-refractivity contribution in [2.24, 2.45) is 4.99 Å². The molecule has 1 fully saturated rings. The summed E-state index contributed by atoms with van der Waals surface area (Å²) < 4.78 is 1.11. The highest BCUT2D eigenvalue weighted by Crippen LogP contribution is 2.23. The molecule has 1 unspecified atom stereocenters. The lowest BCUT2D eigenvalue weighted by Crippen LogP contribution is -2.53. The standard InChI is InChI=1S/C20H32BrN5O.HI/c1-4-10-23-19(27)9-11-24-20(22-3)26-14-12-25(13-15-26)16(2)17-5-7-18(21)8-6-17;/h5-8,16H,4,9-15H2,1-3H3,(H,22,24)(H,23,27);1H. The number of aliphatic imine (C=N–C) groups is 1. The van der Waals surface area contributed by atoms with Crippen molar-refractivity contribution in [3.05, 3.63) is 34.3 Å². The van der Waals surface area contributed by atoms with Crippen LogP contribution in [0.15, 0.2) is 33.7 Å². The number of hydrogen-bond acceptors (Lipinski definition) is 3. The molecule has 0 spiro atoms. The van der Waals surface area contributed by atoms with E-state index in [1.807, 2.05) is 0 Å². The molecule has 2 N–H and O–H groups in total. The highest BCUT2D eigenvalue weighted by Gasteiger charge is 2.23. The minimum Gasteiger partial charge on any atom is -0.356 e. The van der Waals surface area contributed by atoms with E-state index >= 15 is 0 Å². The molecule has 1 aliphatic rings. The van der Waals surface area contributed by atoms with Crippen LogP contribution in [0.2, 0.25) is 0 Å². The van der Waals surface area contributed by atoms with E-state index in [4.69, 9.17) is 0 Å². The summed E-state index contributed by atoms with van der Waals surface area (Å²) in [6.07, 6.45) is 1.43. The lowest BCUT2D eigenvalue weighted by molar-refractivity contribution is -0.120. The van der Waals surface area contributed by atoms with Gasteiger partial charge in [-0.15, -0.1) is 24.0 Å². The number of amides is 1. The van der Waals surface area contributed by atoms with E-state index in [-0.39, 0.29) is 29.9 Å². The molecule has 1 aliphatic heterocycles. The van der Waals surface area contributed by atoms with E-state index in [1.54, 1.807) is 7.05 Å². The van der Waals surface area contributed by atoms with Crippen LogP contribution in [0, 0.1) is 0 Å². The van der Waals surface area contributed by atoms with Gasteiger partial charge in [0.2, 0.25) is 5.91 Å². The third kappa shape index (κ3) is 7.87. The van der Waals surface area contributed by atoms with Gasteiger partial charge in [0.1, 0.15) is 0 Å². The molecule has 0 aromatic heterocycles. The first kappa shape index (κ1) is 25.2. The first-order valence-corrected chi connectivity index (χ1v) is 10.6. The van der Waals surface area contributed by atoms with E-state index in [0.717, 1.165) is 49.6 Å². The van der Waals surface area contributed by atoms with Gasteiger partial charge in [0.25, 0.3) is 0 Å². The van der Waals surface area contributed by atoms with E-state index in [9.17, 15) is 4.79 Å². The minimum absolute atomic E-state index is 0. The van der Waals surface area contributed by atoms with Crippen molar-refractivity contribution in [3.8, 4) is 0 Å². The van der Waals surface area contributed by atoms with Crippen molar-refractivity contribution in [1.82, 2.24) is 20.4 Å². The number of carbonyl (C=O) groups is 1. The number of nitrogens with zero attached hydrogens (tertiary/aromatic N) is 3. The third-order valence-corrected chi connectivity index (χ3v) is 5.46. The van der Waals surface area contributed by atoms with Gasteiger partial charge in [-0.2, -0.15) is 0 Å². The number of carbonyl (C=O) groups excluding carboxylic acids is 1. The second kappa shape index (κ2) is 13.4. The van der Waals surface area contributed by atoms with E-state index in [2.05, 4.69) is 79.5 Å². The van der Waals surface area contributed by atoms with Crippen molar-refractivity contribution in [2.45, 2.75) is 32.7 Å². The Balaban J connectivity index is 0.00000392. The van der Waals surface area contributed by atoms with Crippen LogP contribution in [-0.2, 0) is 4.79 Å². The molecule has 0 radical (unpaired) electrons. The summed E-state index contributed by atoms with van der Waals surface area (Å²) in [6, 6.07) is 8.98. The van der Waals surface area contributed by atoms with Crippen molar-refractivity contribution in [1.29, 1.82) is 0 Å². The fourth-order valence-electron chi connectivity index (χ4n) is 3.25. The van der Waals surface area contributed by atoms with Gasteiger partial charge in [-0.3, -0.25) is 14.7 Å². The van der Waals surface area contributed by atoms with Crippen molar-refractivity contribution in [3.63, 3.8) is 0 Å². The number of rotatable bonds is 7. The summed E-state index contributed by atoms with van der Waals surface area (Å²) in [5, 5.41) is 6.22. The molecule has 158 valence electrons. The highest BCUT2D eigenvalue weighted by atomic mass is 127. The topological polar surface area (TPSA) is 60.0 Å². The maximum atomic E-state index is 11.7. The Morgan fingerprint density at radius 3 is 2.36 bits per heavy atom. The Hall–Kier alpha value is -0.870. The Morgan fingerprint density at radius 1 is 1.14 bits per heavy atom. The number of halogens is 2. The van der Waals surface area contributed by atoms with Crippen LogP contribution in [0.25, 0.3) is 0 Å². The van der Waals surface area contributed by atoms with Gasteiger partial charge in [-0.05, 0) is 31.0 Å². The van der Waals surface area contributed by atoms with Gasteiger partial charge in [-0.1, -0.05) is 35.0 Å². The molecule has 1 saturated heterocycles. The number of benzene rings is 1. The fraction of sp³-hybridized carbons (Fsp3) is 0.600. The van der Waals surface area contributed by atoms with E-state index in [1.165, 1.54) is 5.56 Å². The summed E-state index contributed by atoms with van der Waals surface area (Å²) >= 11 is 3.50. The van der Waals surface area contributed by atoms with Gasteiger partial charge in [0, 0.05) is 63.3 Å². The molecule has 6 nitrogen and oxygen atoms in total. The normalized spacial score (nSPS) is 16.3. The van der Waals surface area contributed by atoms with Crippen LogP contribution < -0.4 is 10.6 Å². The maximum Gasteiger partial charge on any atom is 0.221 e. The van der Waals surface area contributed by atoms with E-state index < -0.39 is 0 Å². The average molecular weight is 566 g/mol. The summed E-state index contributed by atoms with van der Waals surface area (Å²) in [5.74, 6) is 0.974. The van der Waals surface area contributed by atoms with Gasteiger partial charge in [-0.25, -0.2) is 0 Å². The number of hydrogen-bond donors (Lipinski definition) is 2. The van der Waals surface area contributed by atoms with Crippen LogP contribution in [0.3, 0.4) is 0 Å². The third-order valence-electron chi connectivity index (χ3n) is 4.93. The molecule has 0 aliphatic carbocycles. The number of piperazine rings is 1. The van der Waals surface area contributed by atoms with Crippen LogP contribution in [-0.4, -0.2) is 68.0 Å². The largest absolute Gasteiger partial charge is 0.356 e. The summed E-state index contributed by atoms with van der Waals surface area (Å²) in [6.45, 7) is 9.53. The molecule has 1 atom stereocenters. The smallest absolute Gasteiger partial charge is 0.221 e. The average Bonchev–Trinajstić information content (AvgIpc) is 2.70. The second-order valence-electron chi connectivity index (χ2n) is 6.82. The monoisotopic (exact) mass is 565 g/mol. The predicted molar refractivity (Wildman–Crippen MR) is 130 cm³/mol. The Labute approximate surface area is 194 Å². The minimum atomic E-state index is 0. The van der Waals surface area contributed by atoms with Gasteiger partial charge in [0.05, 0.1) is 0 Å². The summed E-state index contributed by atoms with van der Waals surface area (Å²) in [5.41, 5.74) is 1.34. The molecular weight excluding hydrogens is 533 g/mol. The lowest BCUT2D eigenvalue weighted by Gasteiger charge is -2.39. The first-order chi connectivity index (χ1) is 13.0. The van der Waals surface area contributed by atoms with Crippen LogP contribution >= 0.6 is 39.9 Å². The molecule has 28 heavy (non-hydrogen) atoms. The Morgan fingerprint density at radius 2 is 1.79 bits per heavy atom. The first-order valence-electron chi connectivity index (χ1n) is 9.77. The maximum absolute atomic E-state index is 11.7. The predicted octanol–water partition coefficient (Wildman–Crippen LogP) is 3.24. The summed E-state index contributed by atoms with van der Waals surface area (Å²) in [4.78, 5) is 20.9. The number of nitrogens with one attached hydrogen (secondary N) is 2. The van der Waals surface area contributed by atoms with Gasteiger partial charge >= 0.3 is 0 Å². The molecule has 2 rings (SSSR count). The Bertz CT molecular complexity index is 618. The summed E-state index contributed by atoms with van der Waals surface area (Å²) in [7, 11) is 1.80. The molecule has 8 heteroatoms. The zero-order chi connectivity index (χ0) is 19.6. The Kier molecular flexibility index (Phi) is 12.0. The highest BCUT2D eigenvalue weighted by molar-refractivity contribution is 14.0. The molecule has 0 bridgehead atoms. The molecule has 1 amide bonds. The van der Waals surface area contributed by atoms with Crippen molar-refractivity contribution < 1.29 is 4.79 Å². The second-order valence-corrected chi connectivity index (χ2v) is 7.74. The molecule has 1 aromatic carbocycles. The molecule has 1 heterocycles. The lowest BCUT2D eigenvalue weighted by atomic mass is 10.1. The van der Waals surface area contributed by atoms with Crippen LogP contribution in [0.1, 0.15) is 38.3 Å². The van der Waals surface area contributed by atoms with Crippen molar-refractivity contribution >= 4 is 51.8 Å². The molecular formula is C20H33BrIN5O. The zero-order valence-corrected chi connectivity index (χ0v) is 21.0. The fourth-order valence-corrected chi connectivity index (χ4v) is 3.51. The SMILES string of the molecule is CCCNC(=O)CCNC(=NC)N1CCN(C(C)c2ccc(Br)cc2)CC1.I. The van der Waals surface area contributed by atoms with Crippen LogP contribution in [0.5, 0.6) is 0 Å². The molecule has 0 saturated carbocycles. The van der Waals surface area contributed by atoms with Crippen molar-refractivity contribution in [2.75, 3.05) is 46.3 Å².